The molecule has 3 aromatic rings. The molecule has 1 N–H and O–H groups in total. The van der Waals surface area contributed by atoms with Crippen LogP contribution in [0.4, 0.5) is 0 Å². The first-order valence-corrected chi connectivity index (χ1v) is 11.4. The number of thioether (sulfide) groups is 2. The van der Waals surface area contributed by atoms with Gasteiger partial charge in [0.2, 0.25) is 0 Å². The van der Waals surface area contributed by atoms with E-state index in [1.165, 1.54) is 34.3 Å². The van der Waals surface area contributed by atoms with E-state index in [1.807, 2.05) is 54.7 Å². The lowest BCUT2D eigenvalue weighted by Gasteiger charge is -2.21. The molecule has 3 aromatic carbocycles. The van der Waals surface area contributed by atoms with Crippen molar-refractivity contribution >= 4 is 40.2 Å². The molecule has 1 aliphatic heterocycles. The Morgan fingerprint density at radius 1 is 0.963 bits per heavy atom. The Hall–Kier alpha value is -1.91. The molecule has 138 valence electrons. The molecular formula is C23H23NOS2. The fraction of sp³-hybridized carbons (Fsp3) is 0.261. The summed E-state index contributed by atoms with van der Waals surface area (Å²) in [7, 11) is 0. The molecule has 4 heteroatoms. The average molecular weight is 394 g/mol. The van der Waals surface area contributed by atoms with Crippen LogP contribution in [0.1, 0.15) is 45.5 Å². The number of carbonyl (C=O) groups excluding carboxylic acids is 1. The highest BCUT2D eigenvalue weighted by molar-refractivity contribution is 8.16. The first-order valence-electron chi connectivity index (χ1n) is 9.34. The van der Waals surface area contributed by atoms with E-state index < -0.39 is 0 Å². The maximum absolute atomic E-state index is 12.7. The fourth-order valence-corrected chi connectivity index (χ4v) is 6.35. The zero-order chi connectivity index (χ0) is 18.6. The summed E-state index contributed by atoms with van der Waals surface area (Å²) in [6, 6.07) is 22.6. The van der Waals surface area contributed by atoms with Crippen molar-refractivity contribution in [2.45, 2.75) is 24.0 Å². The lowest BCUT2D eigenvalue weighted by molar-refractivity contribution is 0.0940. The molecule has 0 aliphatic carbocycles. The molecule has 1 unspecified atom stereocenters. The number of hydrogen-bond donors (Lipinski definition) is 1. The molecule has 1 saturated heterocycles. The Bertz CT molecular complexity index is 927. The Kier molecular flexibility index (Phi) is 5.74. The van der Waals surface area contributed by atoms with Crippen LogP contribution in [0.5, 0.6) is 0 Å². The van der Waals surface area contributed by atoms with E-state index in [1.54, 1.807) is 0 Å². The molecule has 2 nitrogen and oxygen atoms in total. The van der Waals surface area contributed by atoms with Crippen molar-refractivity contribution in [2.24, 2.45) is 0 Å². The second-order valence-corrected chi connectivity index (χ2v) is 9.54. The van der Waals surface area contributed by atoms with Gasteiger partial charge < -0.3 is 5.32 Å². The summed E-state index contributed by atoms with van der Waals surface area (Å²) >= 11 is 4.00. The molecule has 27 heavy (non-hydrogen) atoms. The van der Waals surface area contributed by atoms with Crippen molar-refractivity contribution in [3.8, 4) is 0 Å². The van der Waals surface area contributed by atoms with E-state index in [0.717, 1.165) is 11.1 Å². The molecule has 4 rings (SSSR count). The molecule has 0 aromatic heterocycles. The van der Waals surface area contributed by atoms with Crippen LogP contribution in [0.25, 0.3) is 10.8 Å². The van der Waals surface area contributed by atoms with Crippen LogP contribution in [-0.4, -0.2) is 17.4 Å². The van der Waals surface area contributed by atoms with Crippen LogP contribution in [0.3, 0.4) is 0 Å². The van der Waals surface area contributed by atoms with E-state index in [2.05, 4.69) is 47.8 Å². The zero-order valence-corrected chi connectivity index (χ0v) is 17.0. The van der Waals surface area contributed by atoms with Crippen molar-refractivity contribution < 1.29 is 4.79 Å². The molecule has 1 heterocycles. The fourth-order valence-electron chi connectivity index (χ4n) is 3.46. The van der Waals surface area contributed by atoms with Gasteiger partial charge in [0.1, 0.15) is 0 Å². The smallest absolute Gasteiger partial charge is 0.251 e. The third kappa shape index (κ3) is 4.17. The molecular weight excluding hydrogens is 370 g/mol. The van der Waals surface area contributed by atoms with Crippen LogP contribution in [0.2, 0.25) is 0 Å². The van der Waals surface area contributed by atoms with E-state index >= 15 is 0 Å². The minimum absolute atomic E-state index is 0.0223. The molecule has 1 atom stereocenters. The third-order valence-electron chi connectivity index (χ3n) is 4.91. The second kappa shape index (κ2) is 8.41. The van der Waals surface area contributed by atoms with Crippen LogP contribution < -0.4 is 5.32 Å². The average Bonchev–Trinajstić information content (AvgIpc) is 2.74. The lowest BCUT2D eigenvalue weighted by atomic mass is 9.99. The Labute approximate surface area is 169 Å². The molecule has 1 amide bonds. The van der Waals surface area contributed by atoms with Crippen molar-refractivity contribution in [1.29, 1.82) is 0 Å². The van der Waals surface area contributed by atoms with Crippen molar-refractivity contribution in [2.75, 3.05) is 11.5 Å². The number of amides is 1. The van der Waals surface area contributed by atoms with Gasteiger partial charge in [-0.2, -0.15) is 0 Å². The van der Waals surface area contributed by atoms with Crippen LogP contribution >= 0.6 is 23.5 Å². The van der Waals surface area contributed by atoms with Gasteiger partial charge in [0.25, 0.3) is 5.91 Å². The minimum atomic E-state index is -0.0484. The molecule has 0 bridgehead atoms. The van der Waals surface area contributed by atoms with Gasteiger partial charge in [0.15, 0.2) is 0 Å². The van der Waals surface area contributed by atoms with E-state index in [9.17, 15) is 4.79 Å². The third-order valence-corrected chi connectivity index (χ3v) is 7.92. The summed E-state index contributed by atoms with van der Waals surface area (Å²) < 4.78 is 0.505. The predicted molar refractivity (Wildman–Crippen MR) is 119 cm³/mol. The van der Waals surface area contributed by atoms with Gasteiger partial charge in [-0.15, -0.1) is 23.5 Å². The van der Waals surface area contributed by atoms with Crippen LogP contribution in [0.15, 0.2) is 66.7 Å². The predicted octanol–water partition coefficient (Wildman–Crippen LogP) is 6.20. The molecule has 1 fully saturated rings. The van der Waals surface area contributed by atoms with Gasteiger partial charge in [0, 0.05) is 5.56 Å². The Morgan fingerprint density at radius 2 is 1.67 bits per heavy atom. The lowest BCUT2D eigenvalue weighted by Crippen LogP contribution is -2.26. The second-order valence-electron chi connectivity index (χ2n) is 6.81. The molecule has 1 aliphatic rings. The van der Waals surface area contributed by atoms with Gasteiger partial charge in [-0.05, 0) is 58.9 Å². The zero-order valence-electron chi connectivity index (χ0n) is 15.4. The SMILES string of the molecule is CC(NC(=O)c1ccc(C2SCCCS2)cc1)c1cccc2ccccc12. The monoisotopic (exact) mass is 393 g/mol. The first-order chi connectivity index (χ1) is 13.2. The number of carbonyl (C=O) groups is 1. The topological polar surface area (TPSA) is 29.1 Å². The van der Waals surface area contributed by atoms with Crippen molar-refractivity contribution in [3.05, 3.63) is 83.4 Å². The number of nitrogens with one attached hydrogen (secondary N) is 1. The maximum atomic E-state index is 12.7. The van der Waals surface area contributed by atoms with Gasteiger partial charge in [0.05, 0.1) is 10.6 Å². The van der Waals surface area contributed by atoms with E-state index in [0.29, 0.717) is 4.58 Å². The van der Waals surface area contributed by atoms with E-state index in [-0.39, 0.29) is 11.9 Å². The largest absolute Gasteiger partial charge is 0.345 e. The number of benzene rings is 3. The number of rotatable bonds is 4. The van der Waals surface area contributed by atoms with Gasteiger partial charge in [-0.1, -0.05) is 54.6 Å². The molecule has 0 spiro atoms. The van der Waals surface area contributed by atoms with Gasteiger partial charge >= 0.3 is 0 Å². The van der Waals surface area contributed by atoms with Crippen LogP contribution in [0, 0.1) is 0 Å². The summed E-state index contributed by atoms with van der Waals surface area (Å²) in [5.41, 5.74) is 3.17. The van der Waals surface area contributed by atoms with Crippen LogP contribution in [-0.2, 0) is 0 Å². The highest BCUT2D eigenvalue weighted by Crippen LogP contribution is 2.43. The van der Waals surface area contributed by atoms with E-state index in [4.69, 9.17) is 0 Å². The summed E-state index contributed by atoms with van der Waals surface area (Å²) in [6.45, 7) is 2.04. The number of hydrogen-bond acceptors (Lipinski definition) is 3. The quantitative estimate of drug-likeness (QED) is 0.572. The standard InChI is InChI=1S/C23H23NOS2/c1-16(20-9-4-7-17-6-2-3-8-21(17)20)24-22(25)18-10-12-19(13-11-18)23-26-14-5-15-27-23/h2-4,6-13,16,23H,5,14-15H2,1H3,(H,24,25). The summed E-state index contributed by atoms with van der Waals surface area (Å²) in [6.07, 6.45) is 1.29. The molecule has 0 saturated carbocycles. The van der Waals surface area contributed by atoms with Gasteiger partial charge in [-0.25, -0.2) is 0 Å². The van der Waals surface area contributed by atoms with Crippen molar-refractivity contribution in [3.63, 3.8) is 0 Å². The highest BCUT2D eigenvalue weighted by atomic mass is 32.2. The first kappa shape index (κ1) is 18.5. The Morgan fingerprint density at radius 3 is 2.44 bits per heavy atom. The van der Waals surface area contributed by atoms with Gasteiger partial charge in [-0.3, -0.25) is 4.79 Å². The van der Waals surface area contributed by atoms with Crippen molar-refractivity contribution in [1.82, 2.24) is 5.32 Å². The maximum Gasteiger partial charge on any atom is 0.251 e. The molecule has 0 radical (unpaired) electrons. The summed E-state index contributed by atoms with van der Waals surface area (Å²) in [5.74, 6) is 2.43. The number of fused-ring (bicyclic) bond motifs is 1. The highest BCUT2D eigenvalue weighted by Gasteiger charge is 2.18. The summed E-state index contributed by atoms with van der Waals surface area (Å²) in [5, 5.41) is 5.54. The Balaban J connectivity index is 1.48. The normalized spacial score (nSPS) is 16.2. The summed E-state index contributed by atoms with van der Waals surface area (Å²) in [4.78, 5) is 12.7. The minimum Gasteiger partial charge on any atom is -0.345 e.